The van der Waals surface area contributed by atoms with Crippen molar-refractivity contribution in [3.63, 3.8) is 0 Å². The van der Waals surface area contributed by atoms with Gasteiger partial charge in [-0.15, -0.1) is 0 Å². The first-order chi connectivity index (χ1) is 15.2. The molecule has 1 aliphatic rings. The summed E-state index contributed by atoms with van der Waals surface area (Å²) in [6.07, 6.45) is -2.29. The third kappa shape index (κ3) is 4.28. The van der Waals surface area contributed by atoms with Gasteiger partial charge in [0.1, 0.15) is 5.75 Å². The van der Waals surface area contributed by atoms with E-state index in [2.05, 4.69) is 26.2 Å². The van der Waals surface area contributed by atoms with Gasteiger partial charge in [-0.1, -0.05) is 6.07 Å². The van der Waals surface area contributed by atoms with Crippen molar-refractivity contribution in [3.8, 4) is 5.75 Å². The van der Waals surface area contributed by atoms with Crippen molar-refractivity contribution < 1.29 is 22.7 Å². The molecule has 2 aromatic carbocycles. The number of hydrogen-bond donors (Lipinski definition) is 2. The summed E-state index contributed by atoms with van der Waals surface area (Å²) in [5, 5.41) is 2.60. The Morgan fingerprint density at radius 1 is 1.19 bits per heavy atom. The fraction of sp³-hybridized carbons (Fsp3) is 0.364. The monoisotopic (exact) mass is 511 g/mol. The molecule has 0 atom stereocenters. The second kappa shape index (κ2) is 8.65. The zero-order valence-electron chi connectivity index (χ0n) is 17.1. The molecule has 170 valence electrons. The van der Waals surface area contributed by atoms with Crippen LogP contribution in [0.1, 0.15) is 37.3 Å². The summed E-state index contributed by atoms with van der Waals surface area (Å²) in [7, 11) is 1.17. The molecule has 1 amide bonds. The fourth-order valence-electron chi connectivity index (χ4n) is 4.32. The molecular weight excluding hydrogens is 491 g/mol. The molecule has 1 aromatic heterocycles. The van der Waals surface area contributed by atoms with Crippen LogP contribution in [0.5, 0.6) is 5.75 Å². The zero-order valence-corrected chi connectivity index (χ0v) is 18.7. The van der Waals surface area contributed by atoms with Crippen molar-refractivity contribution in [2.24, 2.45) is 5.92 Å². The van der Waals surface area contributed by atoms with Crippen LogP contribution < -0.4 is 15.7 Å². The van der Waals surface area contributed by atoms with Gasteiger partial charge >= 0.3 is 11.9 Å². The molecule has 6 nitrogen and oxygen atoms in total. The van der Waals surface area contributed by atoms with Gasteiger partial charge < -0.3 is 15.0 Å². The number of methoxy groups -OCH3 is 1. The van der Waals surface area contributed by atoms with Crippen LogP contribution in [0.4, 0.5) is 18.9 Å². The summed E-state index contributed by atoms with van der Waals surface area (Å²) < 4.78 is 47.0. The van der Waals surface area contributed by atoms with Crippen molar-refractivity contribution in [1.29, 1.82) is 0 Å². The smallest absolute Gasteiger partial charge is 0.420 e. The van der Waals surface area contributed by atoms with Gasteiger partial charge in [-0.25, -0.2) is 4.79 Å². The number of amides is 1. The molecule has 4 rings (SSSR count). The molecule has 1 heterocycles. The highest BCUT2D eigenvalue weighted by molar-refractivity contribution is 9.10. The molecule has 1 aliphatic carbocycles. The number of anilines is 1. The van der Waals surface area contributed by atoms with Gasteiger partial charge in [0.2, 0.25) is 5.91 Å². The molecule has 0 spiro atoms. The van der Waals surface area contributed by atoms with E-state index in [-0.39, 0.29) is 35.0 Å². The highest BCUT2D eigenvalue weighted by atomic mass is 79.9. The van der Waals surface area contributed by atoms with E-state index in [1.165, 1.54) is 19.2 Å². The Bertz CT molecular complexity index is 1210. The van der Waals surface area contributed by atoms with Crippen molar-refractivity contribution in [2.45, 2.75) is 37.9 Å². The molecule has 1 saturated carbocycles. The van der Waals surface area contributed by atoms with Crippen molar-refractivity contribution in [2.75, 3.05) is 12.4 Å². The number of aromatic nitrogens is 2. The van der Waals surface area contributed by atoms with E-state index in [0.717, 1.165) is 21.6 Å². The van der Waals surface area contributed by atoms with Crippen molar-refractivity contribution in [3.05, 3.63) is 56.9 Å². The highest BCUT2D eigenvalue weighted by Gasteiger charge is 2.35. The number of nitrogens with zero attached hydrogens (tertiary/aromatic N) is 1. The zero-order chi connectivity index (χ0) is 23.0. The molecule has 32 heavy (non-hydrogen) atoms. The molecule has 0 unspecified atom stereocenters. The van der Waals surface area contributed by atoms with Crippen LogP contribution in [0.15, 0.2) is 45.7 Å². The van der Waals surface area contributed by atoms with E-state index >= 15 is 0 Å². The number of carbonyl (C=O) groups is 1. The van der Waals surface area contributed by atoms with Gasteiger partial charge in [0.15, 0.2) is 0 Å². The Morgan fingerprint density at radius 2 is 1.91 bits per heavy atom. The summed E-state index contributed by atoms with van der Waals surface area (Å²) in [6.45, 7) is 0. The number of imidazole rings is 1. The molecule has 10 heteroatoms. The van der Waals surface area contributed by atoms with E-state index in [4.69, 9.17) is 4.74 Å². The normalized spacial score (nSPS) is 19.2. The van der Waals surface area contributed by atoms with Gasteiger partial charge in [0.05, 0.1) is 23.7 Å². The average Bonchev–Trinajstić information content (AvgIpc) is 3.10. The minimum Gasteiger partial charge on any atom is -0.496 e. The maximum atomic E-state index is 13.2. The lowest BCUT2D eigenvalue weighted by Gasteiger charge is -2.28. The fourth-order valence-corrected chi connectivity index (χ4v) is 4.78. The number of nitrogens with one attached hydrogen (secondary N) is 2. The van der Waals surface area contributed by atoms with Crippen molar-refractivity contribution >= 4 is 38.6 Å². The third-order valence-electron chi connectivity index (χ3n) is 5.91. The molecule has 0 aliphatic heterocycles. The second-order valence-corrected chi connectivity index (χ2v) is 8.70. The molecule has 0 radical (unpaired) electrons. The van der Waals surface area contributed by atoms with E-state index in [1.807, 2.05) is 18.2 Å². The Balaban J connectivity index is 1.45. The number of rotatable bonds is 4. The molecule has 3 aromatic rings. The van der Waals surface area contributed by atoms with Crippen LogP contribution in [-0.4, -0.2) is 22.6 Å². The summed E-state index contributed by atoms with van der Waals surface area (Å²) in [4.78, 5) is 28.1. The Morgan fingerprint density at radius 3 is 2.56 bits per heavy atom. The number of carbonyl (C=O) groups excluding carboxylic acids is 1. The van der Waals surface area contributed by atoms with E-state index in [9.17, 15) is 22.8 Å². The van der Waals surface area contributed by atoms with Crippen LogP contribution in [0.2, 0.25) is 0 Å². The van der Waals surface area contributed by atoms with E-state index in [1.54, 1.807) is 4.57 Å². The van der Waals surface area contributed by atoms with Crippen LogP contribution >= 0.6 is 15.9 Å². The number of ether oxygens (including phenoxy) is 1. The topological polar surface area (TPSA) is 76.1 Å². The van der Waals surface area contributed by atoms with Crippen LogP contribution in [0.3, 0.4) is 0 Å². The lowest BCUT2D eigenvalue weighted by molar-refractivity contribution is -0.138. The molecule has 0 saturated heterocycles. The SMILES string of the molecule is COc1ccc(NC(=O)[C@H]2CC[C@@H](n3c(=O)[nH]c4c(Br)cccc43)CC2)cc1C(F)(F)F. The lowest BCUT2D eigenvalue weighted by atomic mass is 9.85. The first-order valence-corrected chi connectivity index (χ1v) is 10.9. The number of alkyl halides is 3. The quantitative estimate of drug-likeness (QED) is 0.486. The second-order valence-electron chi connectivity index (χ2n) is 7.84. The number of H-pyrrole nitrogens is 1. The van der Waals surface area contributed by atoms with Gasteiger partial charge in [-0.3, -0.25) is 9.36 Å². The predicted molar refractivity (Wildman–Crippen MR) is 118 cm³/mol. The van der Waals surface area contributed by atoms with Crippen molar-refractivity contribution in [1.82, 2.24) is 9.55 Å². The van der Waals surface area contributed by atoms with Gasteiger partial charge in [0, 0.05) is 22.1 Å². The lowest BCUT2D eigenvalue weighted by Crippen LogP contribution is -2.31. The Hall–Kier alpha value is -2.75. The van der Waals surface area contributed by atoms with E-state index < -0.39 is 11.7 Å². The maximum absolute atomic E-state index is 13.2. The Kier molecular flexibility index (Phi) is 6.07. The van der Waals surface area contributed by atoms with Crippen LogP contribution in [0.25, 0.3) is 11.0 Å². The number of para-hydroxylation sites is 1. The number of hydrogen-bond acceptors (Lipinski definition) is 3. The molecule has 1 fully saturated rings. The summed E-state index contributed by atoms with van der Waals surface area (Å²) in [5.74, 6) is -0.960. The molecule has 2 N–H and O–H groups in total. The maximum Gasteiger partial charge on any atom is 0.420 e. The number of aromatic amines is 1. The van der Waals surface area contributed by atoms with Crippen LogP contribution in [-0.2, 0) is 11.0 Å². The standard InChI is InChI=1S/C22H21BrF3N3O3/c1-32-18-10-7-13(11-15(18)22(24,25)26)27-20(30)12-5-8-14(9-6-12)29-17-4-2-3-16(23)19(17)28-21(29)31/h2-4,7,10-12,14H,5-6,8-9H2,1H3,(H,27,30)(H,28,31)/t12-,14+. The van der Waals surface area contributed by atoms with E-state index in [0.29, 0.717) is 25.7 Å². The number of fused-ring (bicyclic) bond motifs is 1. The minimum atomic E-state index is -4.59. The summed E-state index contributed by atoms with van der Waals surface area (Å²) in [5.41, 5.74) is 0.472. The highest BCUT2D eigenvalue weighted by Crippen LogP contribution is 2.38. The first-order valence-electron chi connectivity index (χ1n) is 10.1. The number of benzene rings is 2. The average molecular weight is 512 g/mol. The minimum absolute atomic E-state index is 0.0487. The number of halogens is 4. The van der Waals surface area contributed by atoms with Gasteiger partial charge in [-0.2, -0.15) is 13.2 Å². The predicted octanol–water partition coefficient (Wildman–Crippen LogP) is 5.49. The Labute approximate surface area is 189 Å². The molecule has 0 bridgehead atoms. The van der Waals surface area contributed by atoms with Gasteiger partial charge in [0.25, 0.3) is 0 Å². The largest absolute Gasteiger partial charge is 0.496 e. The van der Waals surface area contributed by atoms with Crippen LogP contribution in [0, 0.1) is 5.92 Å². The summed E-state index contributed by atoms with van der Waals surface area (Å²) >= 11 is 3.44. The molecular formula is C22H21BrF3N3O3. The summed E-state index contributed by atoms with van der Waals surface area (Å²) in [6, 6.07) is 9.00. The van der Waals surface area contributed by atoms with Gasteiger partial charge in [-0.05, 0) is 71.9 Å². The third-order valence-corrected chi connectivity index (χ3v) is 6.57. The first kappa shape index (κ1) is 22.4.